The average molecular weight is 416 g/mol. The summed E-state index contributed by atoms with van der Waals surface area (Å²) in [5, 5.41) is 6.23. The van der Waals surface area contributed by atoms with Crippen LogP contribution in [0.25, 0.3) is 11.0 Å². The SMILES string of the molecule is Nc1ccccc1NC(=O)c1cc2cc(NC(=O)CCOc3cccnc3)ccc2o1. The number of benzene rings is 2. The molecule has 4 rings (SSSR count). The molecular formula is C23H20N4O4. The van der Waals surface area contributed by atoms with Gasteiger partial charge in [0.2, 0.25) is 5.91 Å². The fourth-order valence-corrected chi connectivity index (χ4v) is 2.95. The van der Waals surface area contributed by atoms with Crippen LogP contribution in [0.3, 0.4) is 0 Å². The molecule has 31 heavy (non-hydrogen) atoms. The summed E-state index contributed by atoms with van der Waals surface area (Å²) in [5.74, 6) is 0.154. The molecule has 2 amide bonds. The number of nitrogens with two attached hydrogens (primary N) is 1. The first kappa shape index (κ1) is 20.0. The van der Waals surface area contributed by atoms with Crippen molar-refractivity contribution in [1.29, 1.82) is 0 Å². The number of aromatic nitrogens is 1. The van der Waals surface area contributed by atoms with Crippen molar-refractivity contribution in [2.24, 2.45) is 0 Å². The van der Waals surface area contributed by atoms with Gasteiger partial charge in [-0.2, -0.15) is 0 Å². The smallest absolute Gasteiger partial charge is 0.291 e. The predicted molar refractivity (Wildman–Crippen MR) is 118 cm³/mol. The van der Waals surface area contributed by atoms with Crippen LogP contribution in [0.2, 0.25) is 0 Å². The number of carbonyl (C=O) groups is 2. The average Bonchev–Trinajstić information content (AvgIpc) is 3.20. The molecule has 156 valence electrons. The Bertz CT molecular complexity index is 1220. The van der Waals surface area contributed by atoms with E-state index in [1.165, 1.54) is 0 Å². The number of hydrogen-bond acceptors (Lipinski definition) is 6. The number of rotatable bonds is 7. The van der Waals surface area contributed by atoms with Crippen LogP contribution in [0.15, 0.2) is 77.5 Å². The predicted octanol–water partition coefficient (Wildman–Crippen LogP) is 4.07. The number of nitrogen functional groups attached to an aromatic ring is 1. The van der Waals surface area contributed by atoms with Gasteiger partial charge < -0.3 is 25.5 Å². The monoisotopic (exact) mass is 416 g/mol. The van der Waals surface area contributed by atoms with Gasteiger partial charge in [-0.05, 0) is 48.5 Å². The van der Waals surface area contributed by atoms with Crippen molar-refractivity contribution < 1.29 is 18.7 Å². The van der Waals surface area contributed by atoms with Crippen molar-refractivity contribution in [1.82, 2.24) is 4.98 Å². The molecule has 0 saturated heterocycles. The van der Waals surface area contributed by atoms with Gasteiger partial charge in [-0.1, -0.05) is 12.1 Å². The van der Waals surface area contributed by atoms with E-state index >= 15 is 0 Å². The summed E-state index contributed by atoms with van der Waals surface area (Å²) in [6.45, 7) is 0.235. The second-order valence-corrected chi connectivity index (χ2v) is 6.74. The zero-order chi connectivity index (χ0) is 21.6. The first-order valence-electron chi connectivity index (χ1n) is 9.60. The first-order chi connectivity index (χ1) is 15.1. The van der Waals surface area contributed by atoms with Crippen LogP contribution in [-0.2, 0) is 4.79 Å². The third kappa shape index (κ3) is 4.99. The van der Waals surface area contributed by atoms with Crippen molar-refractivity contribution in [3.63, 3.8) is 0 Å². The number of furan rings is 1. The molecule has 0 aliphatic heterocycles. The quantitative estimate of drug-likeness (QED) is 0.391. The lowest BCUT2D eigenvalue weighted by atomic mass is 10.2. The Morgan fingerprint density at radius 1 is 1.03 bits per heavy atom. The lowest BCUT2D eigenvalue weighted by molar-refractivity contribution is -0.116. The number of carbonyl (C=O) groups excluding carboxylic acids is 2. The molecular weight excluding hydrogens is 396 g/mol. The Kier molecular flexibility index (Phi) is 5.79. The van der Waals surface area contributed by atoms with E-state index < -0.39 is 5.91 Å². The zero-order valence-corrected chi connectivity index (χ0v) is 16.5. The van der Waals surface area contributed by atoms with Gasteiger partial charge in [0.25, 0.3) is 5.91 Å². The van der Waals surface area contributed by atoms with Gasteiger partial charge >= 0.3 is 0 Å². The maximum Gasteiger partial charge on any atom is 0.291 e. The largest absolute Gasteiger partial charge is 0.491 e. The van der Waals surface area contributed by atoms with Crippen LogP contribution >= 0.6 is 0 Å². The highest BCUT2D eigenvalue weighted by Crippen LogP contribution is 2.25. The Morgan fingerprint density at radius 3 is 2.71 bits per heavy atom. The van der Waals surface area contributed by atoms with E-state index in [4.69, 9.17) is 14.9 Å². The number of amides is 2. The summed E-state index contributed by atoms with van der Waals surface area (Å²) in [7, 11) is 0. The van der Waals surface area contributed by atoms with Gasteiger partial charge in [0.15, 0.2) is 5.76 Å². The number of para-hydroxylation sites is 2. The molecule has 0 aliphatic rings. The highest BCUT2D eigenvalue weighted by Gasteiger charge is 2.14. The van der Waals surface area contributed by atoms with Crippen LogP contribution in [0, 0.1) is 0 Å². The minimum absolute atomic E-state index is 0.145. The number of hydrogen-bond donors (Lipinski definition) is 3. The summed E-state index contributed by atoms with van der Waals surface area (Å²) in [4.78, 5) is 28.6. The summed E-state index contributed by atoms with van der Waals surface area (Å²) >= 11 is 0. The van der Waals surface area contributed by atoms with Crippen LogP contribution in [0.4, 0.5) is 17.1 Å². The van der Waals surface area contributed by atoms with E-state index in [2.05, 4.69) is 15.6 Å². The van der Waals surface area contributed by atoms with Crippen molar-refractivity contribution in [3.8, 4) is 5.75 Å². The highest BCUT2D eigenvalue weighted by molar-refractivity contribution is 6.06. The molecule has 2 heterocycles. The normalized spacial score (nSPS) is 10.6. The maximum atomic E-state index is 12.5. The van der Waals surface area contributed by atoms with Crippen molar-refractivity contribution in [2.75, 3.05) is 23.0 Å². The van der Waals surface area contributed by atoms with Crippen LogP contribution in [0.5, 0.6) is 5.75 Å². The Hall–Kier alpha value is -4.33. The Balaban J connectivity index is 1.37. The molecule has 2 aromatic heterocycles. The molecule has 0 bridgehead atoms. The molecule has 4 aromatic rings. The molecule has 0 spiro atoms. The molecule has 8 heteroatoms. The first-order valence-corrected chi connectivity index (χ1v) is 9.60. The van der Waals surface area contributed by atoms with Gasteiger partial charge in [-0.25, -0.2) is 0 Å². The second-order valence-electron chi connectivity index (χ2n) is 6.74. The van der Waals surface area contributed by atoms with E-state index in [9.17, 15) is 9.59 Å². The third-order valence-electron chi connectivity index (χ3n) is 4.47. The van der Waals surface area contributed by atoms with E-state index in [0.717, 1.165) is 0 Å². The Morgan fingerprint density at radius 2 is 1.90 bits per heavy atom. The lowest BCUT2D eigenvalue weighted by Gasteiger charge is -2.07. The molecule has 0 atom stereocenters. The van der Waals surface area contributed by atoms with E-state index in [-0.39, 0.29) is 24.7 Å². The number of nitrogens with zero attached hydrogens (tertiary/aromatic N) is 1. The summed E-state index contributed by atoms with van der Waals surface area (Å²) in [6.07, 6.45) is 3.42. The lowest BCUT2D eigenvalue weighted by Crippen LogP contribution is -2.15. The van der Waals surface area contributed by atoms with Crippen LogP contribution < -0.4 is 21.1 Å². The van der Waals surface area contributed by atoms with E-state index in [1.54, 1.807) is 73.1 Å². The summed E-state index contributed by atoms with van der Waals surface area (Å²) < 4.78 is 11.1. The molecule has 2 aromatic carbocycles. The van der Waals surface area contributed by atoms with Gasteiger partial charge in [-0.15, -0.1) is 0 Å². The van der Waals surface area contributed by atoms with Crippen LogP contribution in [-0.4, -0.2) is 23.4 Å². The molecule has 0 radical (unpaired) electrons. The number of ether oxygens (including phenoxy) is 1. The number of pyridine rings is 1. The molecule has 4 N–H and O–H groups in total. The number of anilines is 3. The van der Waals surface area contributed by atoms with E-state index in [0.29, 0.717) is 33.8 Å². The zero-order valence-electron chi connectivity index (χ0n) is 16.5. The van der Waals surface area contributed by atoms with E-state index in [1.807, 2.05) is 0 Å². The topological polar surface area (TPSA) is 119 Å². The molecule has 0 aliphatic carbocycles. The third-order valence-corrected chi connectivity index (χ3v) is 4.47. The molecule has 0 unspecified atom stereocenters. The number of nitrogens with one attached hydrogen (secondary N) is 2. The molecule has 8 nitrogen and oxygen atoms in total. The fourth-order valence-electron chi connectivity index (χ4n) is 2.95. The minimum atomic E-state index is -0.410. The van der Waals surface area contributed by atoms with Crippen LogP contribution in [0.1, 0.15) is 17.0 Å². The highest BCUT2D eigenvalue weighted by atomic mass is 16.5. The molecule has 0 fully saturated rings. The van der Waals surface area contributed by atoms with Gasteiger partial charge in [-0.3, -0.25) is 14.6 Å². The van der Waals surface area contributed by atoms with Crippen molar-refractivity contribution in [2.45, 2.75) is 6.42 Å². The Labute approximate surface area is 178 Å². The second kappa shape index (κ2) is 9.00. The minimum Gasteiger partial charge on any atom is -0.491 e. The summed E-state index contributed by atoms with van der Waals surface area (Å²) in [5.41, 5.74) is 7.96. The fraction of sp³-hybridized carbons (Fsp3) is 0.0870. The van der Waals surface area contributed by atoms with Gasteiger partial charge in [0.05, 0.1) is 30.6 Å². The maximum absolute atomic E-state index is 12.5. The standard InChI is InChI=1S/C23H20N4O4/c24-18-5-1-2-6-19(18)27-23(29)21-13-15-12-16(7-8-20(15)31-21)26-22(28)9-11-30-17-4-3-10-25-14-17/h1-8,10,12-14H,9,11,24H2,(H,26,28)(H,27,29). The van der Waals surface area contributed by atoms with Gasteiger partial charge in [0.1, 0.15) is 11.3 Å². The van der Waals surface area contributed by atoms with Gasteiger partial charge in [0, 0.05) is 17.3 Å². The van der Waals surface area contributed by atoms with Crippen molar-refractivity contribution >= 4 is 39.8 Å². The number of fused-ring (bicyclic) bond motifs is 1. The molecule has 0 saturated carbocycles. The summed E-state index contributed by atoms with van der Waals surface area (Å²) in [6, 6.07) is 17.3. The van der Waals surface area contributed by atoms with Crippen molar-refractivity contribution in [3.05, 3.63) is 78.8 Å².